The van der Waals surface area contributed by atoms with E-state index in [9.17, 15) is 9.90 Å². The molecule has 1 saturated heterocycles. The van der Waals surface area contributed by atoms with Crippen molar-refractivity contribution in [3.8, 4) is 0 Å². The Hall–Kier alpha value is -1.55. The van der Waals surface area contributed by atoms with Crippen LogP contribution in [0, 0.1) is 5.41 Å². The third-order valence-corrected chi connectivity index (χ3v) is 4.73. The van der Waals surface area contributed by atoms with E-state index in [0.717, 1.165) is 37.2 Å². The maximum absolute atomic E-state index is 12.3. The van der Waals surface area contributed by atoms with E-state index >= 15 is 0 Å². The number of amides is 2. The number of nitrogens with one attached hydrogen (secondary N) is 1. The number of hydrogen-bond acceptors (Lipinski definition) is 2. The molecule has 1 unspecified atom stereocenters. The van der Waals surface area contributed by atoms with Gasteiger partial charge >= 0.3 is 6.03 Å². The molecule has 1 aromatic carbocycles. The number of carbonyl (C=O) groups excluding carboxylic acids is 1. The minimum absolute atomic E-state index is 0.0455. The second-order valence-electron chi connectivity index (χ2n) is 6.38. The fraction of sp³-hybridized carbons (Fsp3) is 0.588. The van der Waals surface area contributed by atoms with Crippen LogP contribution < -0.4 is 5.32 Å². The molecular formula is C17H26N2O2. The van der Waals surface area contributed by atoms with Crippen LogP contribution in [-0.4, -0.2) is 29.1 Å². The molecule has 0 spiro atoms. The molecular weight excluding hydrogens is 264 g/mol. The lowest BCUT2D eigenvalue weighted by Gasteiger charge is -2.38. The van der Waals surface area contributed by atoms with Crippen LogP contribution in [0.3, 0.4) is 0 Å². The Labute approximate surface area is 127 Å². The van der Waals surface area contributed by atoms with Gasteiger partial charge in [0.05, 0.1) is 6.10 Å². The van der Waals surface area contributed by atoms with Crippen LogP contribution in [0.4, 0.5) is 10.5 Å². The van der Waals surface area contributed by atoms with E-state index in [-0.39, 0.29) is 6.03 Å². The van der Waals surface area contributed by atoms with Crippen molar-refractivity contribution in [1.29, 1.82) is 0 Å². The maximum atomic E-state index is 12.3. The zero-order valence-electron chi connectivity index (χ0n) is 13.2. The summed E-state index contributed by atoms with van der Waals surface area (Å²) in [7, 11) is 0. The number of nitrogens with zero attached hydrogens (tertiary/aromatic N) is 1. The molecule has 1 aromatic rings. The summed E-state index contributed by atoms with van der Waals surface area (Å²) in [6, 6.07) is 7.33. The fourth-order valence-electron chi connectivity index (χ4n) is 2.68. The molecule has 0 aliphatic carbocycles. The van der Waals surface area contributed by atoms with Gasteiger partial charge in [0.1, 0.15) is 0 Å². The number of carbonyl (C=O) groups is 1. The summed E-state index contributed by atoms with van der Waals surface area (Å²) < 4.78 is 0. The first-order chi connectivity index (χ1) is 9.93. The van der Waals surface area contributed by atoms with Crippen molar-refractivity contribution < 1.29 is 9.90 Å². The molecule has 0 aromatic heterocycles. The monoisotopic (exact) mass is 290 g/mol. The number of benzene rings is 1. The second kappa shape index (κ2) is 6.48. The van der Waals surface area contributed by atoms with Crippen molar-refractivity contribution in [3.63, 3.8) is 0 Å². The quantitative estimate of drug-likeness (QED) is 0.890. The van der Waals surface area contributed by atoms with Crippen LogP contribution in [0.25, 0.3) is 0 Å². The van der Waals surface area contributed by atoms with Crippen LogP contribution in [-0.2, 0) is 0 Å². The van der Waals surface area contributed by atoms with Crippen LogP contribution in [0.2, 0.25) is 0 Å². The number of likely N-dealkylation sites (tertiary alicyclic amines) is 1. The van der Waals surface area contributed by atoms with Crippen molar-refractivity contribution in [2.45, 2.75) is 46.1 Å². The van der Waals surface area contributed by atoms with Gasteiger partial charge in [0, 0.05) is 18.8 Å². The number of rotatable bonds is 3. The molecule has 1 fully saturated rings. The topological polar surface area (TPSA) is 52.6 Å². The van der Waals surface area contributed by atoms with E-state index in [1.807, 2.05) is 29.2 Å². The molecule has 4 nitrogen and oxygen atoms in total. The molecule has 0 bridgehead atoms. The Bertz CT molecular complexity index is 491. The van der Waals surface area contributed by atoms with E-state index in [1.165, 1.54) is 6.42 Å². The predicted molar refractivity (Wildman–Crippen MR) is 85.3 cm³/mol. The summed E-state index contributed by atoms with van der Waals surface area (Å²) in [5, 5.41) is 12.5. The zero-order chi connectivity index (χ0) is 15.5. The van der Waals surface area contributed by atoms with Crippen molar-refractivity contribution >= 4 is 11.7 Å². The van der Waals surface area contributed by atoms with Gasteiger partial charge in [0.2, 0.25) is 0 Å². The molecule has 0 saturated carbocycles. The Kier molecular flexibility index (Phi) is 4.88. The summed E-state index contributed by atoms with van der Waals surface area (Å²) >= 11 is 0. The Morgan fingerprint density at radius 1 is 1.43 bits per heavy atom. The number of aliphatic hydroxyl groups excluding tert-OH is 1. The molecule has 116 valence electrons. The van der Waals surface area contributed by atoms with Gasteiger partial charge in [-0.3, -0.25) is 0 Å². The van der Waals surface area contributed by atoms with E-state index in [4.69, 9.17) is 0 Å². The lowest BCUT2D eigenvalue weighted by atomic mass is 9.78. The lowest BCUT2D eigenvalue weighted by Crippen LogP contribution is -2.43. The van der Waals surface area contributed by atoms with E-state index in [1.54, 1.807) is 6.92 Å². The molecule has 21 heavy (non-hydrogen) atoms. The second-order valence-corrected chi connectivity index (χ2v) is 6.38. The Balaban J connectivity index is 1.95. The molecule has 2 amide bonds. The highest BCUT2D eigenvalue weighted by atomic mass is 16.3. The van der Waals surface area contributed by atoms with Gasteiger partial charge < -0.3 is 15.3 Å². The summed E-state index contributed by atoms with van der Waals surface area (Å²) in [6.07, 6.45) is 2.76. The standard InChI is InChI=1S/C17H26N2O2/c1-4-17(3)8-10-19(11-9-17)16(21)18-15-7-5-6-14(12-15)13(2)20/h5-7,12-13,20H,4,8-11H2,1-3H3,(H,18,21). The van der Waals surface area contributed by atoms with Crippen LogP contribution in [0.5, 0.6) is 0 Å². The summed E-state index contributed by atoms with van der Waals surface area (Å²) in [5.41, 5.74) is 1.93. The summed E-state index contributed by atoms with van der Waals surface area (Å²) in [5.74, 6) is 0. The predicted octanol–water partition coefficient (Wildman–Crippen LogP) is 3.78. The number of urea groups is 1. The molecule has 1 heterocycles. The SMILES string of the molecule is CCC1(C)CCN(C(=O)Nc2cccc(C(C)O)c2)CC1. The molecule has 0 radical (unpaired) electrons. The molecule has 4 heteroatoms. The average Bonchev–Trinajstić information content (AvgIpc) is 2.48. The molecule has 1 atom stereocenters. The third-order valence-electron chi connectivity index (χ3n) is 4.73. The van der Waals surface area contributed by atoms with E-state index in [2.05, 4.69) is 19.2 Å². The maximum Gasteiger partial charge on any atom is 0.321 e. The first kappa shape index (κ1) is 15.8. The minimum atomic E-state index is -0.526. The zero-order valence-corrected chi connectivity index (χ0v) is 13.2. The largest absolute Gasteiger partial charge is 0.389 e. The minimum Gasteiger partial charge on any atom is -0.389 e. The van der Waals surface area contributed by atoms with Gasteiger partial charge in [-0.05, 0) is 42.9 Å². The first-order valence-electron chi connectivity index (χ1n) is 7.77. The molecule has 1 aliphatic heterocycles. The van der Waals surface area contributed by atoms with Gasteiger partial charge in [0.15, 0.2) is 0 Å². The highest BCUT2D eigenvalue weighted by Gasteiger charge is 2.30. The van der Waals surface area contributed by atoms with Crippen LogP contribution >= 0.6 is 0 Å². The van der Waals surface area contributed by atoms with Gasteiger partial charge in [-0.25, -0.2) is 4.79 Å². The highest BCUT2D eigenvalue weighted by molar-refractivity contribution is 5.89. The molecule has 2 rings (SSSR count). The van der Waals surface area contributed by atoms with Crippen LogP contribution in [0.15, 0.2) is 24.3 Å². The van der Waals surface area contributed by atoms with Gasteiger partial charge in [-0.15, -0.1) is 0 Å². The number of piperidine rings is 1. The van der Waals surface area contributed by atoms with Crippen molar-refractivity contribution in [2.24, 2.45) is 5.41 Å². The van der Waals surface area contributed by atoms with Gasteiger partial charge in [-0.1, -0.05) is 32.4 Å². The Morgan fingerprint density at radius 2 is 2.10 bits per heavy atom. The average molecular weight is 290 g/mol. The van der Waals surface area contributed by atoms with E-state index < -0.39 is 6.10 Å². The number of hydrogen-bond donors (Lipinski definition) is 2. The van der Waals surface area contributed by atoms with Crippen molar-refractivity contribution in [3.05, 3.63) is 29.8 Å². The fourth-order valence-corrected chi connectivity index (χ4v) is 2.68. The van der Waals surface area contributed by atoms with Gasteiger partial charge in [0.25, 0.3) is 0 Å². The number of anilines is 1. The summed E-state index contributed by atoms with van der Waals surface area (Å²) in [4.78, 5) is 14.2. The van der Waals surface area contributed by atoms with Crippen LogP contribution in [0.1, 0.15) is 51.7 Å². The van der Waals surface area contributed by atoms with E-state index in [0.29, 0.717) is 5.41 Å². The molecule has 1 aliphatic rings. The summed E-state index contributed by atoms with van der Waals surface area (Å²) in [6.45, 7) is 7.86. The third kappa shape index (κ3) is 3.97. The highest BCUT2D eigenvalue weighted by Crippen LogP contribution is 2.34. The number of aliphatic hydroxyl groups is 1. The van der Waals surface area contributed by atoms with Crippen molar-refractivity contribution in [2.75, 3.05) is 18.4 Å². The lowest BCUT2D eigenvalue weighted by molar-refractivity contribution is 0.133. The normalized spacial score (nSPS) is 19.1. The Morgan fingerprint density at radius 3 is 2.67 bits per heavy atom. The van der Waals surface area contributed by atoms with Gasteiger partial charge in [-0.2, -0.15) is 0 Å². The smallest absolute Gasteiger partial charge is 0.321 e. The first-order valence-corrected chi connectivity index (χ1v) is 7.77. The van der Waals surface area contributed by atoms with Crippen molar-refractivity contribution in [1.82, 2.24) is 4.90 Å². The molecule has 2 N–H and O–H groups in total.